The molecule has 2 aliphatic rings. The summed E-state index contributed by atoms with van der Waals surface area (Å²) in [7, 11) is 0. The second-order valence-corrected chi connectivity index (χ2v) is 8.49. The van der Waals surface area contributed by atoms with E-state index in [0.717, 1.165) is 0 Å². The third-order valence-corrected chi connectivity index (χ3v) is 6.05. The maximum Gasteiger partial charge on any atom is 0.400 e. The Bertz CT molecular complexity index is 1030. The van der Waals surface area contributed by atoms with E-state index in [0.29, 0.717) is 5.69 Å². The smallest absolute Gasteiger partial charge is 0.369 e. The van der Waals surface area contributed by atoms with Crippen LogP contribution in [0.5, 0.6) is 0 Å². The highest BCUT2D eigenvalue weighted by Gasteiger charge is 2.59. The number of rotatable bonds is 4. The number of anilines is 1. The molecule has 0 radical (unpaired) electrons. The molecule has 0 aliphatic carbocycles. The zero-order chi connectivity index (χ0) is 23.1. The molecule has 2 aromatic rings. The van der Waals surface area contributed by atoms with Crippen LogP contribution in [0.1, 0.15) is 22.5 Å². The van der Waals surface area contributed by atoms with Crippen LogP contribution in [0, 0.1) is 0 Å². The van der Waals surface area contributed by atoms with E-state index < -0.39 is 29.4 Å². The third kappa shape index (κ3) is 4.22. The van der Waals surface area contributed by atoms with Crippen molar-refractivity contribution in [1.29, 1.82) is 0 Å². The van der Waals surface area contributed by atoms with Gasteiger partial charge in [-0.25, -0.2) is 10.5 Å². The van der Waals surface area contributed by atoms with Crippen molar-refractivity contribution < 1.29 is 27.6 Å². The molecule has 2 atom stereocenters. The molecule has 2 aliphatic heterocycles. The summed E-state index contributed by atoms with van der Waals surface area (Å²) >= 11 is 11.9. The average molecular weight is 489 g/mol. The van der Waals surface area contributed by atoms with Gasteiger partial charge in [0.1, 0.15) is 23.8 Å². The summed E-state index contributed by atoms with van der Waals surface area (Å²) in [5.41, 5.74) is 0.441. The molecule has 2 saturated heterocycles. The molecular formula is C20H17Cl2F3N4O3. The van der Waals surface area contributed by atoms with E-state index in [1.165, 1.54) is 36.5 Å². The molecule has 0 saturated carbocycles. The van der Waals surface area contributed by atoms with Gasteiger partial charge in [-0.1, -0.05) is 23.2 Å². The third-order valence-electron chi connectivity index (χ3n) is 5.62. The molecule has 2 N–H and O–H groups in total. The van der Waals surface area contributed by atoms with E-state index in [1.54, 1.807) is 4.90 Å². The van der Waals surface area contributed by atoms with Gasteiger partial charge in [-0.2, -0.15) is 13.2 Å². The molecule has 2 fully saturated rings. The van der Waals surface area contributed by atoms with Gasteiger partial charge < -0.3 is 10.2 Å². The lowest BCUT2D eigenvalue weighted by Gasteiger charge is -2.33. The highest BCUT2D eigenvalue weighted by atomic mass is 35.5. The van der Waals surface area contributed by atoms with Gasteiger partial charge in [-0.3, -0.25) is 14.4 Å². The maximum atomic E-state index is 14.2. The molecule has 32 heavy (non-hydrogen) atoms. The highest BCUT2D eigenvalue weighted by Crippen LogP contribution is 2.49. The van der Waals surface area contributed by atoms with E-state index in [4.69, 9.17) is 28.0 Å². The number of aromatic nitrogens is 1. The first-order valence-electron chi connectivity index (χ1n) is 9.56. The largest absolute Gasteiger partial charge is 0.400 e. The predicted octanol–water partition coefficient (Wildman–Crippen LogP) is 3.26. The Morgan fingerprint density at radius 1 is 1.25 bits per heavy atom. The number of carbonyl (C=O) groups is 2. The van der Waals surface area contributed by atoms with Crippen molar-refractivity contribution >= 4 is 40.7 Å². The molecule has 7 nitrogen and oxygen atoms in total. The molecule has 0 bridgehead atoms. The molecule has 1 aromatic carbocycles. The summed E-state index contributed by atoms with van der Waals surface area (Å²) in [4.78, 5) is 34.1. The Kier molecular flexibility index (Phi) is 5.95. The molecule has 2 amide bonds. The van der Waals surface area contributed by atoms with Crippen LogP contribution in [0.15, 0.2) is 36.5 Å². The van der Waals surface area contributed by atoms with Crippen molar-refractivity contribution in [3.8, 4) is 0 Å². The van der Waals surface area contributed by atoms with Gasteiger partial charge in [0.15, 0.2) is 0 Å². The summed E-state index contributed by atoms with van der Waals surface area (Å²) in [5, 5.41) is 2.74. The Balaban J connectivity index is 1.53. The molecule has 4 rings (SSSR count). The number of pyridine rings is 1. The fraction of sp³-hybridized carbons (Fsp3) is 0.350. The molecule has 12 heteroatoms. The summed E-state index contributed by atoms with van der Waals surface area (Å²) < 4.78 is 42.7. The van der Waals surface area contributed by atoms with Crippen molar-refractivity contribution in [1.82, 2.24) is 15.8 Å². The molecule has 170 valence electrons. The number of hydroxylamine groups is 1. The van der Waals surface area contributed by atoms with E-state index in [9.17, 15) is 22.8 Å². The van der Waals surface area contributed by atoms with Gasteiger partial charge in [0, 0.05) is 23.1 Å². The summed E-state index contributed by atoms with van der Waals surface area (Å²) in [5.74, 6) is -1.07. The Morgan fingerprint density at radius 3 is 2.53 bits per heavy atom. The SMILES string of the molecule is O=C(NC1CONC1=O)c1ccc(N2CCC(c3cc(Cl)cc(Cl)c3)(C(F)(F)F)C2)cn1. The fourth-order valence-corrected chi connectivity index (χ4v) is 4.41. The lowest BCUT2D eigenvalue weighted by atomic mass is 9.79. The monoisotopic (exact) mass is 488 g/mol. The minimum atomic E-state index is -4.53. The van der Waals surface area contributed by atoms with Crippen molar-refractivity contribution in [3.05, 3.63) is 57.8 Å². The predicted molar refractivity (Wildman–Crippen MR) is 111 cm³/mol. The van der Waals surface area contributed by atoms with Crippen LogP contribution in [0.25, 0.3) is 0 Å². The molecule has 1 aromatic heterocycles. The zero-order valence-electron chi connectivity index (χ0n) is 16.4. The number of nitrogens with zero attached hydrogens (tertiary/aromatic N) is 2. The van der Waals surface area contributed by atoms with Gasteiger partial charge in [0.25, 0.3) is 11.8 Å². The lowest BCUT2D eigenvalue weighted by Crippen LogP contribution is -2.45. The number of hydrogen-bond acceptors (Lipinski definition) is 5. The van der Waals surface area contributed by atoms with E-state index in [1.807, 2.05) is 0 Å². The summed E-state index contributed by atoms with van der Waals surface area (Å²) in [6.07, 6.45) is -3.39. The highest BCUT2D eigenvalue weighted by molar-refractivity contribution is 6.34. The van der Waals surface area contributed by atoms with Crippen LogP contribution in [-0.4, -0.2) is 48.7 Å². The van der Waals surface area contributed by atoms with Crippen molar-refractivity contribution in [2.24, 2.45) is 0 Å². The Labute approximate surface area is 190 Å². The van der Waals surface area contributed by atoms with Crippen molar-refractivity contribution in [3.63, 3.8) is 0 Å². The number of hydrogen-bond donors (Lipinski definition) is 2. The topological polar surface area (TPSA) is 83.6 Å². The molecule has 0 spiro atoms. The van der Waals surface area contributed by atoms with Crippen LogP contribution in [-0.2, 0) is 15.0 Å². The molecule has 2 unspecified atom stereocenters. The number of carbonyl (C=O) groups excluding carboxylic acids is 2. The zero-order valence-corrected chi connectivity index (χ0v) is 17.9. The maximum absolute atomic E-state index is 14.2. The van der Waals surface area contributed by atoms with E-state index >= 15 is 0 Å². The lowest BCUT2D eigenvalue weighted by molar-refractivity contribution is -0.184. The van der Waals surface area contributed by atoms with Crippen LogP contribution in [0.4, 0.5) is 18.9 Å². The van der Waals surface area contributed by atoms with E-state index in [2.05, 4.69) is 15.8 Å². The fourth-order valence-electron chi connectivity index (χ4n) is 3.88. The van der Waals surface area contributed by atoms with Gasteiger partial charge in [-0.05, 0) is 42.3 Å². The first-order valence-corrected chi connectivity index (χ1v) is 10.3. The van der Waals surface area contributed by atoms with Crippen LogP contribution < -0.4 is 15.7 Å². The van der Waals surface area contributed by atoms with Gasteiger partial charge in [0.2, 0.25) is 0 Å². The minimum Gasteiger partial charge on any atom is -0.369 e. The van der Waals surface area contributed by atoms with Crippen LogP contribution in [0.3, 0.4) is 0 Å². The molecular weight excluding hydrogens is 472 g/mol. The number of halogens is 5. The van der Waals surface area contributed by atoms with Crippen LogP contribution in [0.2, 0.25) is 10.0 Å². The van der Waals surface area contributed by atoms with Crippen molar-refractivity contribution in [2.75, 3.05) is 24.6 Å². The van der Waals surface area contributed by atoms with Gasteiger partial charge in [0.05, 0.1) is 11.9 Å². The molecule has 3 heterocycles. The first-order chi connectivity index (χ1) is 15.1. The standard InChI is InChI=1S/C20H17Cl2F3N4O3/c21-12-5-11(6-13(22)7-12)19(20(23,24)25)3-4-29(10-19)14-1-2-15(26-8-14)17(30)27-16-9-32-28-18(16)31/h1-2,5-8,16H,3-4,9-10H2,(H,27,30)(H,28,31). The average Bonchev–Trinajstić information content (AvgIpc) is 3.35. The Hall–Kier alpha value is -2.56. The Morgan fingerprint density at radius 2 is 1.97 bits per heavy atom. The van der Waals surface area contributed by atoms with Crippen molar-refractivity contribution in [2.45, 2.75) is 24.1 Å². The van der Waals surface area contributed by atoms with Gasteiger partial charge >= 0.3 is 6.18 Å². The van der Waals surface area contributed by atoms with E-state index in [-0.39, 0.29) is 47.4 Å². The number of benzene rings is 1. The van der Waals surface area contributed by atoms with Gasteiger partial charge in [-0.15, -0.1) is 0 Å². The second kappa shape index (κ2) is 8.42. The van der Waals surface area contributed by atoms with Crippen LogP contribution >= 0.6 is 23.2 Å². The normalized spacial score (nSPS) is 23.3. The summed E-state index contributed by atoms with van der Waals surface area (Å²) in [6, 6.07) is 6.04. The quantitative estimate of drug-likeness (QED) is 0.689. The second-order valence-electron chi connectivity index (χ2n) is 7.61. The minimum absolute atomic E-state index is 0.00557. The number of alkyl halides is 3. The number of amides is 2. The summed E-state index contributed by atoms with van der Waals surface area (Å²) in [6.45, 7) is -0.236. The number of nitrogens with one attached hydrogen (secondary N) is 2. The first kappa shape index (κ1) is 22.6.